The Morgan fingerprint density at radius 3 is 2.33 bits per heavy atom. The minimum absolute atomic E-state index is 0.0252. The molecule has 3 N–H and O–H groups in total. The number of ether oxygens (including phenoxy) is 1. The van der Waals surface area contributed by atoms with Gasteiger partial charge in [-0.25, -0.2) is 9.97 Å². The van der Waals surface area contributed by atoms with Crippen LogP contribution in [0.2, 0.25) is 5.02 Å². The van der Waals surface area contributed by atoms with Crippen LogP contribution in [0.4, 0.5) is 5.95 Å². The zero-order valence-electron chi connectivity index (χ0n) is 31.9. The Labute approximate surface area is 340 Å². The molecule has 15 nitrogen and oxygen atoms in total. The Balaban J connectivity index is 0.927. The van der Waals surface area contributed by atoms with Crippen molar-refractivity contribution in [1.29, 1.82) is 5.26 Å². The summed E-state index contributed by atoms with van der Waals surface area (Å²) < 4.78 is 6.34. The maximum atomic E-state index is 13.9. The molecule has 2 aromatic carbocycles. The number of halogens is 1. The van der Waals surface area contributed by atoms with Crippen molar-refractivity contribution in [2.45, 2.75) is 81.6 Å². The number of hydrogen-bond acceptors (Lipinski definition) is 12. The van der Waals surface area contributed by atoms with Gasteiger partial charge in [0.2, 0.25) is 17.8 Å². The van der Waals surface area contributed by atoms with E-state index in [9.17, 15) is 29.2 Å². The van der Waals surface area contributed by atoms with Gasteiger partial charge in [0.05, 0.1) is 33.4 Å². The second-order valence-electron chi connectivity index (χ2n) is 16.4. The van der Waals surface area contributed by atoms with Crippen molar-refractivity contribution in [3.63, 3.8) is 0 Å². The van der Waals surface area contributed by atoms with Crippen molar-refractivity contribution in [1.82, 2.24) is 30.0 Å². The van der Waals surface area contributed by atoms with Crippen LogP contribution in [0, 0.1) is 23.2 Å². The minimum atomic E-state index is -1.02. The van der Waals surface area contributed by atoms with E-state index in [1.165, 1.54) is 12.4 Å². The lowest BCUT2D eigenvalue weighted by molar-refractivity contribution is -0.136. The van der Waals surface area contributed by atoms with E-state index in [0.29, 0.717) is 51.8 Å². The molecule has 0 radical (unpaired) electrons. The Bertz CT molecular complexity index is 2210. The third kappa shape index (κ3) is 6.96. The molecule has 0 spiro atoms. The third-order valence-corrected chi connectivity index (χ3v) is 13.6. The van der Waals surface area contributed by atoms with Crippen molar-refractivity contribution in [3.8, 4) is 11.8 Å². The summed E-state index contributed by atoms with van der Waals surface area (Å²) in [5.41, 5.74) is 7.67. The molecular weight excluding hydrogens is 762 g/mol. The molecule has 58 heavy (non-hydrogen) atoms. The number of piperidine rings is 1. The number of imide groups is 2. The van der Waals surface area contributed by atoms with Crippen molar-refractivity contribution in [3.05, 3.63) is 81.6 Å². The second-order valence-corrected chi connectivity index (χ2v) is 16.8. The summed E-state index contributed by atoms with van der Waals surface area (Å²) in [4.78, 5) is 80.8. The number of hydrogen-bond donors (Lipinski definition) is 2. The summed E-state index contributed by atoms with van der Waals surface area (Å²) in [5, 5.41) is 11.9. The fraction of sp³-hybridized carbons (Fsp3) is 0.476. The summed E-state index contributed by atoms with van der Waals surface area (Å²) in [5.74, 6) is -0.554. The van der Waals surface area contributed by atoms with Crippen LogP contribution in [-0.2, 0) is 9.59 Å². The predicted octanol–water partition coefficient (Wildman–Crippen LogP) is 3.47. The lowest BCUT2D eigenvalue weighted by atomic mass is 9.86. The molecule has 4 aliphatic heterocycles. The van der Waals surface area contributed by atoms with Gasteiger partial charge in [-0.1, -0.05) is 17.7 Å². The summed E-state index contributed by atoms with van der Waals surface area (Å²) in [7, 11) is 0. The van der Waals surface area contributed by atoms with E-state index in [-0.39, 0.29) is 36.1 Å². The first kappa shape index (κ1) is 38.1. The highest BCUT2D eigenvalue weighted by Crippen LogP contribution is 2.53. The van der Waals surface area contributed by atoms with Crippen molar-refractivity contribution in [2.75, 3.05) is 37.6 Å². The Morgan fingerprint density at radius 2 is 1.64 bits per heavy atom. The lowest BCUT2D eigenvalue weighted by Crippen LogP contribution is -2.54. The van der Waals surface area contributed by atoms with Gasteiger partial charge in [-0.2, -0.15) is 5.26 Å². The number of fused-ring (bicyclic) bond motifs is 2. The van der Waals surface area contributed by atoms with Gasteiger partial charge in [-0.05, 0) is 86.6 Å². The number of nitrogens with two attached hydrogens (primary N) is 1. The number of carbonyl (C=O) groups excluding carboxylic acids is 5. The van der Waals surface area contributed by atoms with Crippen molar-refractivity contribution >= 4 is 47.1 Å². The standard InChI is InChI=1S/C42H44ClN9O6/c43-34-18-30(5-1-24(34)19-44)58-29-6-3-27(4-7-29)51-22-25-15-28(49-11-13-50(14-12-49)42-46-20-26(21-47-42)38(45)54)17-32(25)37(51)23-2-8-31-33(16-23)41(57)52(40(31)56)35-9-10-36(53)48-39(35)55/h1-2,5,8,16,18,20-21,25,27-29,32,35,37H,3-4,6-7,9-15,17,22H2,(H2,45,54)(H,48,53,55)/t25-,27?,28+,29?,32+,35+,37-/m0/s1. The number of piperazine rings is 1. The number of nitrogens with zero attached hydrogens (tertiary/aromatic N) is 7. The van der Waals surface area contributed by atoms with Crippen LogP contribution < -0.4 is 20.7 Å². The topological polar surface area (TPSA) is 195 Å². The summed E-state index contributed by atoms with van der Waals surface area (Å²) >= 11 is 6.29. The molecule has 0 unspecified atom stereocenters. The number of rotatable bonds is 8. The molecular formula is C42H44ClN9O6. The van der Waals surface area contributed by atoms with Crippen molar-refractivity contribution < 1.29 is 28.7 Å². The number of benzene rings is 2. The SMILES string of the molecule is N#Cc1ccc(OC2CCC(N3C[C@@H]4C[C@@H](N5CCN(c6ncc(C(N)=O)cn6)CC5)C[C@H]4[C@@H]3c3ccc4c(c3)C(=O)N([C@@H]3CCC(=O)NC3=O)C4=O)CC2)cc1Cl. The number of anilines is 1. The van der Waals surface area contributed by atoms with E-state index in [1.807, 2.05) is 12.1 Å². The molecule has 9 rings (SSSR count). The zero-order chi connectivity index (χ0) is 40.2. The molecule has 5 heterocycles. The van der Waals surface area contributed by atoms with Crippen LogP contribution in [0.15, 0.2) is 48.8 Å². The molecule has 5 fully saturated rings. The van der Waals surface area contributed by atoms with E-state index in [2.05, 4.69) is 36.1 Å². The molecule has 300 valence electrons. The van der Waals surface area contributed by atoms with Gasteiger partial charge in [0.1, 0.15) is 17.9 Å². The molecule has 2 saturated carbocycles. The number of aromatic nitrogens is 2. The van der Waals surface area contributed by atoms with Gasteiger partial charge in [0, 0.05) is 75.7 Å². The average Bonchev–Trinajstić information content (AvgIpc) is 3.87. The number of likely N-dealkylation sites (tertiary alicyclic amines) is 1. The lowest BCUT2D eigenvalue weighted by Gasteiger charge is -2.41. The second kappa shape index (κ2) is 15.4. The van der Waals surface area contributed by atoms with Gasteiger partial charge in [0.25, 0.3) is 17.7 Å². The van der Waals surface area contributed by atoms with Crippen LogP contribution >= 0.6 is 11.6 Å². The monoisotopic (exact) mass is 805 g/mol. The minimum Gasteiger partial charge on any atom is -0.490 e. The maximum absolute atomic E-state index is 13.9. The van der Waals surface area contributed by atoms with E-state index >= 15 is 0 Å². The number of nitrogens with one attached hydrogen (secondary N) is 1. The van der Waals surface area contributed by atoms with Crippen molar-refractivity contribution in [2.24, 2.45) is 17.6 Å². The van der Waals surface area contributed by atoms with Gasteiger partial charge < -0.3 is 15.4 Å². The Hall–Kier alpha value is -5.43. The summed E-state index contributed by atoms with van der Waals surface area (Å²) in [6.45, 7) is 4.18. The molecule has 0 bridgehead atoms. The van der Waals surface area contributed by atoms with Crippen LogP contribution in [0.25, 0.3) is 0 Å². The van der Waals surface area contributed by atoms with Crippen LogP contribution in [0.1, 0.15) is 99.6 Å². The largest absolute Gasteiger partial charge is 0.490 e. The highest BCUT2D eigenvalue weighted by Gasteiger charge is 2.52. The van der Waals surface area contributed by atoms with Gasteiger partial charge in [-0.3, -0.25) is 44.0 Å². The van der Waals surface area contributed by atoms with Crippen LogP contribution in [0.5, 0.6) is 5.75 Å². The van der Waals surface area contributed by atoms with Gasteiger partial charge in [-0.15, -0.1) is 0 Å². The molecule has 6 aliphatic rings. The summed E-state index contributed by atoms with van der Waals surface area (Å²) in [6, 6.07) is 12.6. The summed E-state index contributed by atoms with van der Waals surface area (Å²) in [6.07, 6.45) is 8.80. The third-order valence-electron chi connectivity index (χ3n) is 13.3. The quantitative estimate of drug-likeness (QED) is 0.316. The molecule has 1 aromatic heterocycles. The average molecular weight is 806 g/mol. The first-order valence-electron chi connectivity index (χ1n) is 20.1. The first-order valence-corrected chi connectivity index (χ1v) is 20.5. The zero-order valence-corrected chi connectivity index (χ0v) is 32.6. The van der Waals surface area contributed by atoms with Crippen LogP contribution in [-0.4, -0.2) is 111 Å². The smallest absolute Gasteiger partial charge is 0.262 e. The molecule has 2 aliphatic carbocycles. The van der Waals surface area contributed by atoms with E-state index < -0.39 is 35.6 Å². The highest BCUT2D eigenvalue weighted by atomic mass is 35.5. The number of primary amides is 1. The Kier molecular flexibility index (Phi) is 10.1. The first-order chi connectivity index (χ1) is 28.1. The van der Waals surface area contributed by atoms with Crippen LogP contribution in [0.3, 0.4) is 0 Å². The molecule has 3 saturated heterocycles. The molecule has 5 atom stereocenters. The highest BCUT2D eigenvalue weighted by molar-refractivity contribution is 6.31. The molecule has 16 heteroatoms. The Morgan fingerprint density at radius 1 is 0.897 bits per heavy atom. The molecule has 3 aromatic rings. The van der Waals surface area contributed by atoms with E-state index in [0.717, 1.165) is 81.7 Å². The van der Waals surface area contributed by atoms with Gasteiger partial charge >= 0.3 is 0 Å². The van der Waals surface area contributed by atoms with E-state index in [1.54, 1.807) is 24.3 Å². The van der Waals surface area contributed by atoms with Gasteiger partial charge in [0.15, 0.2) is 0 Å². The predicted molar refractivity (Wildman–Crippen MR) is 210 cm³/mol. The van der Waals surface area contributed by atoms with E-state index in [4.69, 9.17) is 22.1 Å². The fourth-order valence-corrected chi connectivity index (χ4v) is 10.6. The molecule has 5 amide bonds. The normalized spacial score (nSPS) is 28.9. The number of nitriles is 1. The number of amides is 5. The fourth-order valence-electron chi connectivity index (χ4n) is 10.4. The number of carbonyl (C=O) groups is 5. The maximum Gasteiger partial charge on any atom is 0.262 e.